The fraction of sp³-hybridized carbons (Fsp3) is 0.667. The first-order valence-corrected chi connectivity index (χ1v) is 16.5. The first-order chi connectivity index (χ1) is 10.8. The van der Waals surface area contributed by atoms with E-state index in [9.17, 15) is 0 Å². The molecule has 0 saturated heterocycles. The molecule has 1 N–H and O–H groups in total. The van der Waals surface area contributed by atoms with Crippen LogP contribution in [0, 0.1) is 0 Å². The quantitative estimate of drug-likeness (QED) is 0.562. The van der Waals surface area contributed by atoms with Crippen LogP contribution in [0.1, 0.15) is 59.3 Å². The van der Waals surface area contributed by atoms with Crippen molar-refractivity contribution in [3.8, 4) is 0 Å². The zero-order valence-electron chi connectivity index (χ0n) is 14.5. The normalized spacial score (nSPS) is 12.1. The van der Waals surface area contributed by atoms with Crippen molar-refractivity contribution in [2.75, 3.05) is 0 Å². The molecule has 2 aromatic heterocycles. The number of rotatable bonds is 10. The van der Waals surface area contributed by atoms with Crippen LogP contribution in [-0.4, -0.2) is 33.6 Å². The Morgan fingerprint density at radius 2 is 1.55 bits per heavy atom. The molecule has 2 aromatic rings. The van der Waals surface area contributed by atoms with E-state index in [1.165, 1.54) is 57.2 Å². The Kier molecular flexibility index (Phi) is 7.19. The van der Waals surface area contributed by atoms with Gasteiger partial charge < -0.3 is 0 Å². The Morgan fingerprint density at radius 1 is 0.955 bits per heavy atom. The van der Waals surface area contributed by atoms with E-state index >= 15 is 0 Å². The Labute approximate surface area is 139 Å². The van der Waals surface area contributed by atoms with Crippen molar-refractivity contribution in [2.45, 2.75) is 72.6 Å². The average Bonchev–Trinajstić information content (AvgIpc) is 2.99. The summed E-state index contributed by atoms with van der Waals surface area (Å²) in [6, 6.07) is 4.30. The third-order valence-corrected chi connectivity index (χ3v) is 20.2. The van der Waals surface area contributed by atoms with E-state index in [0.717, 1.165) is 5.65 Å². The first-order valence-electron chi connectivity index (χ1n) is 9.07. The average molecular weight is 408 g/mol. The van der Waals surface area contributed by atoms with Gasteiger partial charge in [-0.15, -0.1) is 0 Å². The van der Waals surface area contributed by atoms with Crippen LogP contribution in [-0.2, 0) is 0 Å². The van der Waals surface area contributed by atoms with E-state index in [2.05, 4.69) is 48.1 Å². The predicted octanol–water partition coefficient (Wildman–Crippen LogP) is 5.01. The van der Waals surface area contributed by atoms with Gasteiger partial charge in [-0.05, 0) is 0 Å². The number of nitrogens with one attached hydrogen (secondary N) is 1. The van der Waals surface area contributed by atoms with Crippen LogP contribution in [0.3, 0.4) is 0 Å². The van der Waals surface area contributed by atoms with E-state index in [4.69, 9.17) is 0 Å². The van der Waals surface area contributed by atoms with Gasteiger partial charge in [0, 0.05) is 0 Å². The summed E-state index contributed by atoms with van der Waals surface area (Å²) in [6.07, 6.45) is 9.91. The molecule has 3 nitrogen and oxygen atoms in total. The minimum atomic E-state index is -2.40. The van der Waals surface area contributed by atoms with Crippen LogP contribution in [0.2, 0.25) is 13.3 Å². The number of fused-ring (bicyclic) bond motifs is 1. The van der Waals surface area contributed by atoms with Gasteiger partial charge in [-0.2, -0.15) is 0 Å². The van der Waals surface area contributed by atoms with E-state index in [0.29, 0.717) is 0 Å². The molecule has 0 bridgehead atoms. The maximum atomic E-state index is 4.53. The monoisotopic (exact) mass is 409 g/mol. The zero-order valence-corrected chi connectivity index (χ0v) is 17.3. The second kappa shape index (κ2) is 8.90. The van der Waals surface area contributed by atoms with Gasteiger partial charge in [0.1, 0.15) is 0 Å². The van der Waals surface area contributed by atoms with Crippen molar-refractivity contribution in [1.82, 2.24) is 15.2 Å². The fourth-order valence-corrected chi connectivity index (χ4v) is 19.7. The summed E-state index contributed by atoms with van der Waals surface area (Å²) in [5.41, 5.74) is 0.920. The summed E-state index contributed by atoms with van der Waals surface area (Å²) in [6.45, 7) is 6.97. The number of pyridine rings is 1. The number of aromatic nitrogens is 3. The van der Waals surface area contributed by atoms with Crippen molar-refractivity contribution in [1.29, 1.82) is 0 Å². The van der Waals surface area contributed by atoms with E-state index < -0.39 is 18.4 Å². The minimum absolute atomic E-state index is 0.920. The van der Waals surface area contributed by atoms with Gasteiger partial charge in [0.2, 0.25) is 0 Å². The van der Waals surface area contributed by atoms with Crippen molar-refractivity contribution in [3.63, 3.8) is 0 Å². The number of hydrogen-bond acceptors (Lipinski definition) is 2. The molecule has 0 aliphatic rings. The summed E-state index contributed by atoms with van der Waals surface area (Å²) in [5, 5.41) is 9.31. The zero-order chi connectivity index (χ0) is 15.8. The van der Waals surface area contributed by atoms with E-state index in [1.54, 1.807) is 3.71 Å². The fourth-order valence-electron chi connectivity index (χ4n) is 3.55. The van der Waals surface area contributed by atoms with E-state index in [1.807, 2.05) is 6.20 Å². The molecule has 0 spiro atoms. The van der Waals surface area contributed by atoms with Gasteiger partial charge in [0.25, 0.3) is 0 Å². The second-order valence-corrected chi connectivity index (χ2v) is 19.6. The van der Waals surface area contributed by atoms with Crippen LogP contribution >= 0.6 is 0 Å². The molecule has 0 unspecified atom stereocenters. The Morgan fingerprint density at radius 3 is 2.09 bits per heavy atom. The van der Waals surface area contributed by atoms with Gasteiger partial charge in [0.05, 0.1) is 0 Å². The third kappa shape index (κ3) is 4.03. The number of aromatic amines is 1. The van der Waals surface area contributed by atoms with Gasteiger partial charge in [-0.3, -0.25) is 0 Å². The molecule has 4 heteroatoms. The molecule has 0 aliphatic carbocycles. The summed E-state index contributed by atoms with van der Waals surface area (Å²) in [7, 11) is 0. The summed E-state index contributed by atoms with van der Waals surface area (Å²) < 4.78 is 5.96. The predicted molar refractivity (Wildman–Crippen MR) is 98.4 cm³/mol. The van der Waals surface area contributed by atoms with Crippen LogP contribution < -0.4 is 3.71 Å². The van der Waals surface area contributed by atoms with Crippen molar-refractivity contribution in [3.05, 3.63) is 18.3 Å². The molecule has 0 fully saturated rings. The standard InChI is InChI=1S/C6H4N3.3C4H9.Sn/c1-2-5-4-8-9-6(5)7-3-1;3*1-3-4-2;/h1-3H,(H,7,8,9);3*1,3-4H2,2H3;. The molecule has 0 aliphatic heterocycles. The Balaban J connectivity index is 2.42. The second-order valence-electron chi connectivity index (χ2n) is 6.56. The molecule has 0 saturated carbocycles. The maximum absolute atomic E-state index is 4.53. The topological polar surface area (TPSA) is 41.6 Å². The Bertz CT molecular complexity index is 542. The Hall–Kier alpha value is -0.581. The van der Waals surface area contributed by atoms with Crippen LogP contribution in [0.5, 0.6) is 0 Å². The molecule has 0 atom stereocenters. The van der Waals surface area contributed by atoms with Crippen molar-refractivity contribution >= 4 is 33.1 Å². The van der Waals surface area contributed by atoms with Crippen LogP contribution in [0.4, 0.5) is 0 Å². The van der Waals surface area contributed by atoms with Gasteiger partial charge >= 0.3 is 139 Å². The van der Waals surface area contributed by atoms with Crippen LogP contribution in [0.15, 0.2) is 18.3 Å². The molecule has 22 heavy (non-hydrogen) atoms. The molecule has 0 amide bonds. The summed E-state index contributed by atoms with van der Waals surface area (Å²) in [5.74, 6) is 0. The van der Waals surface area contributed by atoms with Crippen LogP contribution in [0.25, 0.3) is 11.0 Å². The molecule has 2 rings (SSSR count). The number of hydrogen-bond donors (Lipinski definition) is 1. The molecular formula is C18H31N3Sn. The van der Waals surface area contributed by atoms with E-state index in [-0.39, 0.29) is 0 Å². The van der Waals surface area contributed by atoms with Crippen molar-refractivity contribution in [2.24, 2.45) is 0 Å². The summed E-state index contributed by atoms with van der Waals surface area (Å²) >= 11 is -2.40. The molecule has 0 radical (unpaired) electrons. The number of unbranched alkanes of at least 4 members (excludes halogenated alkanes) is 3. The molecule has 122 valence electrons. The third-order valence-electron chi connectivity index (χ3n) is 4.89. The SMILES string of the molecule is CCC[CH2][Sn]([CH2]CCC)([CH2]CCC)[c]1[nH]nc2ncccc12. The van der Waals surface area contributed by atoms with Gasteiger partial charge in [0.15, 0.2) is 0 Å². The molecule has 0 aromatic carbocycles. The van der Waals surface area contributed by atoms with Gasteiger partial charge in [-0.25, -0.2) is 0 Å². The van der Waals surface area contributed by atoms with Gasteiger partial charge in [-0.1, -0.05) is 0 Å². The number of H-pyrrole nitrogens is 1. The number of nitrogens with zero attached hydrogens (tertiary/aromatic N) is 2. The first kappa shape index (κ1) is 17.8. The molecular weight excluding hydrogens is 377 g/mol. The van der Waals surface area contributed by atoms with Crippen molar-refractivity contribution < 1.29 is 0 Å². The summed E-state index contributed by atoms with van der Waals surface area (Å²) in [4.78, 5) is 4.45. The molecule has 2 heterocycles.